The lowest BCUT2D eigenvalue weighted by Crippen LogP contribution is -2.44. The van der Waals surface area contributed by atoms with Gasteiger partial charge in [0, 0.05) is 18.1 Å². The molecule has 0 radical (unpaired) electrons. The molecule has 3 rings (SSSR count). The van der Waals surface area contributed by atoms with Gasteiger partial charge in [0.05, 0.1) is 11.8 Å². The van der Waals surface area contributed by atoms with E-state index in [-0.39, 0.29) is 12.5 Å². The van der Waals surface area contributed by atoms with Gasteiger partial charge in [-0.25, -0.2) is 0 Å². The van der Waals surface area contributed by atoms with Crippen molar-refractivity contribution in [3.05, 3.63) is 71.3 Å². The Balaban J connectivity index is 2.06. The third-order valence-corrected chi connectivity index (χ3v) is 3.95. The number of carbonyl (C=O) groups is 2. The maximum Gasteiger partial charge on any atom is 0.302 e. The van der Waals surface area contributed by atoms with Gasteiger partial charge in [0.25, 0.3) is 5.91 Å². The summed E-state index contributed by atoms with van der Waals surface area (Å²) in [5.74, 6) is -0.703. The van der Waals surface area contributed by atoms with Gasteiger partial charge < -0.3 is 4.74 Å². The van der Waals surface area contributed by atoms with Crippen molar-refractivity contribution in [2.45, 2.75) is 13.0 Å². The molecule has 5 heteroatoms. The third-order valence-electron chi connectivity index (χ3n) is 3.95. The monoisotopic (exact) mass is 332 g/mol. The topological polar surface area (TPSA) is 70.4 Å². The molecule has 0 aliphatic carbocycles. The Hall–Kier alpha value is -3.39. The summed E-state index contributed by atoms with van der Waals surface area (Å²) in [6, 6.07) is 17.5. The zero-order chi connectivity index (χ0) is 17.8. The number of esters is 1. The molecule has 2 aromatic rings. The lowest BCUT2D eigenvalue weighted by molar-refractivity contribution is -0.140. The highest BCUT2D eigenvalue weighted by atomic mass is 16.5. The van der Waals surface area contributed by atoms with Crippen molar-refractivity contribution in [1.29, 1.82) is 5.26 Å². The van der Waals surface area contributed by atoms with Crippen LogP contribution in [-0.2, 0) is 9.53 Å². The zero-order valence-corrected chi connectivity index (χ0v) is 13.7. The van der Waals surface area contributed by atoms with E-state index in [1.165, 1.54) is 11.8 Å². The Labute approximate surface area is 145 Å². The molecule has 1 atom stereocenters. The standard InChI is InChI=1S/C20H16N2O3/c1-14(23)25-13-17-11-16-9-5-6-10-18(16)22(19(17)12-21)20(24)15-7-3-2-4-8-15/h2-11,19H,13H2,1H3/t19-/m1/s1. The number of carbonyl (C=O) groups excluding carboxylic acids is 2. The molecule has 1 aliphatic heterocycles. The summed E-state index contributed by atoms with van der Waals surface area (Å²) in [7, 11) is 0. The summed E-state index contributed by atoms with van der Waals surface area (Å²) in [4.78, 5) is 25.7. The number of para-hydroxylation sites is 1. The van der Waals surface area contributed by atoms with Crippen LogP contribution >= 0.6 is 0 Å². The molecule has 0 spiro atoms. The second-order valence-corrected chi connectivity index (χ2v) is 5.63. The SMILES string of the molecule is CC(=O)OCC1=Cc2ccccc2N(C(=O)c2ccccc2)[C@@H]1C#N. The second-order valence-electron chi connectivity index (χ2n) is 5.63. The molecule has 0 saturated heterocycles. The van der Waals surface area contributed by atoms with Gasteiger partial charge in [-0.1, -0.05) is 36.4 Å². The minimum absolute atomic E-state index is 0.0273. The molecule has 0 unspecified atom stereocenters. The van der Waals surface area contributed by atoms with Crippen molar-refractivity contribution >= 4 is 23.6 Å². The Morgan fingerprint density at radius 2 is 1.80 bits per heavy atom. The maximum atomic E-state index is 13.1. The molecule has 0 N–H and O–H groups in total. The number of nitriles is 1. The summed E-state index contributed by atoms with van der Waals surface area (Å²) < 4.78 is 5.07. The summed E-state index contributed by atoms with van der Waals surface area (Å²) in [5, 5.41) is 9.69. The Bertz CT molecular complexity index is 881. The van der Waals surface area contributed by atoms with Gasteiger partial charge in [-0.15, -0.1) is 0 Å². The molecule has 0 fully saturated rings. The molecule has 0 saturated carbocycles. The van der Waals surface area contributed by atoms with E-state index < -0.39 is 12.0 Å². The van der Waals surface area contributed by atoms with Crippen molar-refractivity contribution in [2.75, 3.05) is 11.5 Å². The normalized spacial score (nSPS) is 15.6. The molecule has 1 heterocycles. The molecule has 1 aliphatic rings. The first-order valence-electron chi connectivity index (χ1n) is 7.83. The number of hydrogen-bond donors (Lipinski definition) is 0. The van der Waals surface area contributed by atoms with Crippen LogP contribution in [0.4, 0.5) is 5.69 Å². The second kappa shape index (κ2) is 7.02. The minimum atomic E-state index is -0.832. The van der Waals surface area contributed by atoms with E-state index >= 15 is 0 Å². The smallest absolute Gasteiger partial charge is 0.302 e. The first-order chi connectivity index (χ1) is 12.1. The fourth-order valence-corrected chi connectivity index (χ4v) is 2.81. The van der Waals surface area contributed by atoms with E-state index in [0.717, 1.165) is 5.56 Å². The van der Waals surface area contributed by atoms with E-state index in [1.807, 2.05) is 24.3 Å². The average molecular weight is 332 g/mol. The van der Waals surface area contributed by atoms with Gasteiger partial charge in [-0.05, 0) is 29.8 Å². The molecule has 1 amide bonds. The first kappa shape index (κ1) is 16.5. The van der Waals surface area contributed by atoms with Crippen LogP contribution in [0.3, 0.4) is 0 Å². The number of nitrogens with zero attached hydrogens (tertiary/aromatic N) is 2. The summed E-state index contributed by atoms with van der Waals surface area (Å²) in [6.45, 7) is 1.28. The lowest BCUT2D eigenvalue weighted by Gasteiger charge is -2.33. The Morgan fingerprint density at radius 3 is 2.48 bits per heavy atom. The number of anilines is 1. The molecular formula is C20H16N2O3. The minimum Gasteiger partial charge on any atom is -0.461 e. The van der Waals surface area contributed by atoms with Gasteiger partial charge in [0.2, 0.25) is 0 Å². The molecular weight excluding hydrogens is 316 g/mol. The Kier molecular flexibility index (Phi) is 4.62. The number of fused-ring (bicyclic) bond motifs is 1. The fraction of sp³-hybridized carbons (Fsp3) is 0.150. The highest BCUT2D eigenvalue weighted by Crippen LogP contribution is 2.33. The largest absolute Gasteiger partial charge is 0.461 e. The number of hydrogen-bond acceptors (Lipinski definition) is 4. The fourth-order valence-electron chi connectivity index (χ4n) is 2.81. The van der Waals surface area contributed by atoms with Gasteiger partial charge in [0.15, 0.2) is 0 Å². The van der Waals surface area contributed by atoms with Gasteiger partial charge in [0.1, 0.15) is 12.6 Å². The van der Waals surface area contributed by atoms with Crippen molar-refractivity contribution in [3.63, 3.8) is 0 Å². The van der Waals surface area contributed by atoms with E-state index in [2.05, 4.69) is 6.07 Å². The van der Waals surface area contributed by atoms with Crippen molar-refractivity contribution in [3.8, 4) is 6.07 Å². The van der Waals surface area contributed by atoms with E-state index in [1.54, 1.807) is 36.4 Å². The highest BCUT2D eigenvalue weighted by molar-refractivity contribution is 6.09. The number of benzene rings is 2. The molecule has 5 nitrogen and oxygen atoms in total. The average Bonchev–Trinajstić information content (AvgIpc) is 2.65. The summed E-state index contributed by atoms with van der Waals surface area (Å²) in [5.41, 5.74) is 2.53. The van der Waals surface area contributed by atoms with Crippen LogP contribution in [-0.4, -0.2) is 24.5 Å². The van der Waals surface area contributed by atoms with Gasteiger partial charge >= 0.3 is 5.97 Å². The van der Waals surface area contributed by atoms with E-state index in [4.69, 9.17) is 4.74 Å². The van der Waals surface area contributed by atoms with Crippen molar-refractivity contribution in [1.82, 2.24) is 0 Å². The van der Waals surface area contributed by atoms with Crippen LogP contribution in [0.2, 0.25) is 0 Å². The number of ether oxygens (including phenoxy) is 1. The van der Waals surface area contributed by atoms with Crippen LogP contribution in [0.15, 0.2) is 60.2 Å². The lowest BCUT2D eigenvalue weighted by atomic mass is 9.95. The summed E-state index contributed by atoms with van der Waals surface area (Å²) >= 11 is 0. The number of amides is 1. The van der Waals surface area contributed by atoms with Crippen LogP contribution in [0.25, 0.3) is 6.08 Å². The maximum absolute atomic E-state index is 13.1. The van der Waals surface area contributed by atoms with Crippen molar-refractivity contribution in [2.24, 2.45) is 0 Å². The Morgan fingerprint density at radius 1 is 1.12 bits per heavy atom. The quantitative estimate of drug-likeness (QED) is 0.809. The summed E-state index contributed by atoms with van der Waals surface area (Å²) in [6.07, 6.45) is 1.81. The van der Waals surface area contributed by atoms with E-state index in [9.17, 15) is 14.9 Å². The van der Waals surface area contributed by atoms with Crippen LogP contribution in [0, 0.1) is 11.3 Å². The predicted molar refractivity (Wildman–Crippen MR) is 93.7 cm³/mol. The zero-order valence-electron chi connectivity index (χ0n) is 13.7. The molecule has 0 bridgehead atoms. The molecule has 25 heavy (non-hydrogen) atoms. The van der Waals surface area contributed by atoms with E-state index in [0.29, 0.717) is 16.8 Å². The molecule has 2 aromatic carbocycles. The van der Waals surface area contributed by atoms with Gasteiger partial charge in [-0.3, -0.25) is 14.5 Å². The van der Waals surface area contributed by atoms with Crippen molar-refractivity contribution < 1.29 is 14.3 Å². The first-order valence-corrected chi connectivity index (χ1v) is 7.83. The molecule has 124 valence electrons. The predicted octanol–water partition coefficient (Wildman–Crippen LogP) is 3.19. The third kappa shape index (κ3) is 3.29. The van der Waals surface area contributed by atoms with Gasteiger partial charge in [-0.2, -0.15) is 5.26 Å². The molecule has 0 aromatic heterocycles. The van der Waals surface area contributed by atoms with Crippen LogP contribution in [0.1, 0.15) is 22.8 Å². The van der Waals surface area contributed by atoms with Crippen LogP contribution in [0.5, 0.6) is 0 Å². The van der Waals surface area contributed by atoms with Crippen LogP contribution < -0.4 is 4.90 Å². The number of rotatable bonds is 3. The highest BCUT2D eigenvalue weighted by Gasteiger charge is 2.33.